The number of fused-ring (bicyclic) bond motifs is 3. The van der Waals surface area contributed by atoms with E-state index >= 15 is 0 Å². The number of imidazole rings is 1. The first-order valence-electron chi connectivity index (χ1n) is 10.0. The molecule has 0 spiro atoms. The smallest absolute Gasteiger partial charge is 0.335 e. The van der Waals surface area contributed by atoms with Gasteiger partial charge in [-0.1, -0.05) is 19.8 Å². The third-order valence-corrected chi connectivity index (χ3v) is 5.08. The molecule has 0 aliphatic rings. The molecular weight excluding hydrogens is 354 g/mol. The summed E-state index contributed by atoms with van der Waals surface area (Å²) >= 11 is 0. The van der Waals surface area contributed by atoms with Gasteiger partial charge in [-0.3, -0.25) is 0 Å². The predicted octanol–water partition coefficient (Wildman–Crippen LogP) is 3.80. The molecule has 150 valence electrons. The number of rotatable bonds is 10. The molecule has 2 aromatic heterocycles. The van der Waals surface area contributed by atoms with Crippen LogP contribution in [0.1, 0.15) is 55.2 Å². The van der Waals surface area contributed by atoms with Gasteiger partial charge in [0, 0.05) is 25.4 Å². The van der Waals surface area contributed by atoms with Gasteiger partial charge in [0.05, 0.1) is 16.6 Å². The molecule has 0 fully saturated rings. The lowest BCUT2D eigenvalue weighted by Crippen LogP contribution is -2.06. The number of carboxylic acid groups (broad SMARTS) is 1. The van der Waals surface area contributed by atoms with E-state index in [9.17, 15) is 9.90 Å². The van der Waals surface area contributed by atoms with Gasteiger partial charge in [-0.2, -0.15) is 0 Å². The molecule has 1 aromatic carbocycles. The van der Waals surface area contributed by atoms with Crippen molar-refractivity contribution in [1.82, 2.24) is 14.5 Å². The summed E-state index contributed by atoms with van der Waals surface area (Å²) in [6, 6.07) is 5.13. The Hall–Kier alpha value is -2.67. The van der Waals surface area contributed by atoms with Gasteiger partial charge in [0.2, 0.25) is 0 Å². The summed E-state index contributed by atoms with van der Waals surface area (Å²) in [4.78, 5) is 21.0. The van der Waals surface area contributed by atoms with Gasteiger partial charge in [0.15, 0.2) is 5.82 Å². The van der Waals surface area contributed by atoms with E-state index in [0.717, 1.165) is 67.3 Å². The molecule has 0 atom stereocenters. The summed E-state index contributed by atoms with van der Waals surface area (Å²) in [6.45, 7) is 3.76. The van der Waals surface area contributed by atoms with Crippen molar-refractivity contribution in [3.63, 3.8) is 0 Å². The highest BCUT2D eigenvalue weighted by atomic mass is 16.4. The first kappa shape index (κ1) is 20.1. The Bertz CT molecular complexity index is 980. The molecule has 28 heavy (non-hydrogen) atoms. The Labute approximate surface area is 165 Å². The molecule has 0 saturated carbocycles. The number of benzene rings is 1. The standard InChI is InChI=1S/C21H29N5O2/c1-3-4-8-17-25-18-19(26(17)12-7-5-6-11-22)15-10-9-14(21(27)28)13-16(15)24-20(18)23-2/h9-10,13H,3-8,11-12,22H2,1-2H3,(H,23,24)(H,27,28). The SMILES string of the molecule is CCCCc1nc2c(NC)nc3cc(C(=O)O)ccc3c2n1CCCCCN. The molecule has 3 aromatic rings. The molecule has 0 radical (unpaired) electrons. The number of aromatic carboxylic acids is 1. The van der Waals surface area contributed by atoms with E-state index in [-0.39, 0.29) is 5.56 Å². The summed E-state index contributed by atoms with van der Waals surface area (Å²) in [5, 5.41) is 13.4. The van der Waals surface area contributed by atoms with Gasteiger partial charge in [-0.15, -0.1) is 0 Å². The highest BCUT2D eigenvalue weighted by Crippen LogP contribution is 2.31. The molecule has 0 unspecified atom stereocenters. The van der Waals surface area contributed by atoms with Gasteiger partial charge in [0.25, 0.3) is 0 Å². The molecular formula is C21H29N5O2. The van der Waals surface area contributed by atoms with Crippen LogP contribution in [0.4, 0.5) is 5.82 Å². The normalized spacial score (nSPS) is 11.4. The van der Waals surface area contributed by atoms with Crippen LogP contribution in [-0.2, 0) is 13.0 Å². The first-order chi connectivity index (χ1) is 13.6. The Morgan fingerprint density at radius 3 is 2.71 bits per heavy atom. The summed E-state index contributed by atoms with van der Waals surface area (Å²) in [5.41, 5.74) is 8.43. The number of aryl methyl sites for hydroxylation is 2. The van der Waals surface area contributed by atoms with Crippen LogP contribution in [0, 0.1) is 0 Å². The maximum absolute atomic E-state index is 11.4. The molecule has 4 N–H and O–H groups in total. The van der Waals surface area contributed by atoms with Crippen molar-refractivity contribution in [3.8, 4) is 0 Å². The molecule has 0 aliphatic heterocycles. The number of aromatic nitrogens is 3. The number of pyridine rings is 1. The van der Waals surface area contributed by atoms with Crippen molar-refractivity contribution in [3.05, 3.63) is 29.6 Å². The van der Waals surface area contributed by atoms with Crippen molar-refractivity contribution in [2.75, 3.05) is 18.9 Å². The third-order valence-electron chi connectivity index (χ3n) is 5.08. The molecule has 3 rings (SSSR count). The maximum Gasteiger partial charge on any atom is 0.335 e. The average Bonchev–Trinajstić information content (AvgIpc) is 3.07. The molecule has 7 nitrogen and oxygen atoms in total. The fraction of sp³-hybridized carbons (Fsp3) is 0.476. The van der Waals surface area contributed by atoms with E-state index in [0.29, 0.717) is 17.9 Å². The lowest BCUT2D eigenvalue weighted by Gasteiger charge is -2.11. The zero-order valence-corrected chi connectivity index (χ0v) is 16.7. The van der Waals surface area contributed by atoms with E-state index in [2.05, 4.69) is 21.8 Å². The number of hydrogen-bond donors (Lipinski definition) is 3. The van der Waals surface area contributed by atoms with Crippen molar-refractivity contribution < 1.29 is 9.90 Å². The van der Waals surface area contributed by atoms with Gasteiger partial charge in [-0.25, -0.2) is 14.8 Å². The summed E-state index contributed by atoms with van der Waals surface area (Å²) in [5.74, 6) is 0.801. The summed E-state index contributed by atoms with van der Waals surface area (Å²) < 4.78 is 2.30. The van der Waals surface area contributed by atoms with Gasteiger partial charge < -0.3 is 20.7 Å². The monoisotopic (exact) mass is 383 g/mol. The highest BCUT2D eigenvalue weighted by molar-refractivity contribution is 6.08. The molecule has 0 aliphatic carbocycles. The fourth-order valence-electron chi connectivity index (χ4n) is 3.60. The van der Waals surface area contributed by atoms with Crippen LogP contribution in [0.25, 0.3) is 21.9 Å². The van der Waals surface area contributed by atoms with Crippen LogP contribution >= 0.6 is 0 Å². The number of hydrogen-bond acceptors (Lipinski definition) is 5. The van der Waals surface area contributed by atoms with Crippen molar-refractivity contribution in [2.24, 2.45) is 5.73 Å². The van der Waals surface area contributed by atoms with Crippen LogP contribution in [0.2, 0.25) is 0 Å². The van der Waals surface area contributed by atoms with Crippen molar-refractivity contribution in [1.29, 1.82) is 0 Å². The predicted molar refractivity (Wildman–Crippen MR) is 113 cm³/mol. The number of anilines is 1. The summed E-state index contributed by atoms with van der Waals surface area (Å²) in [7, 11) is 1.82. The first-order valence-corrected chi connectivity index (χ1v) is 10.0. The van der Waals surface area contributed by atoms with E-state index in [1.165, 1.54) is 0 Å². The molecule has 7 heteroatoms. The van der Waals surface area contributed by atoms with E-state index in [1.54, 1.807) is 12.1 Å². The second-order valence-electron chi connectivity index (χ2n) is 7.08. The molecule has 0 bridgehead atoms. The minimum absolute atomic E-state index is 0.238. The Morgan fingerprint density at radius 1 is 1.21 bits per heavy atom. The van der Waals surface area contributed by atoms with Gasteiger partial charge in [0.1, 0.15) is 11.3 Å². The van der Waals surface area contributed by atoms with Crippen molar-refractivity contribution in [2.45, 2.75) is 52.0 Å². The Balaban J connectivity index is 2.20. The van der Waals surface area contributed by atoms with E-state index in [1.807, 2.05) is 13.1 Å². The average molecular weight is 383 g/mol. The Morgan fingerprint density at radius 2 is 2.04 bits per heavy atom. The fourth-order valence-corrected chi connectivity index (χ4v) is 3.60. The quantitative estimate of drug-likeness (QED) is 0.460. The van der Waals surface area contributed by atoms with Crippen LogP contribution in [0.3, 0.4) is 0 Å². The van der Waals surface area contributed by atoms with Gasteiger partial charge >= 0.3 is 5.97 Å². The molecule has 2 heterocycles. The lowest BCUT2D eigenvalue weighted by atomic mass is 10.1. The minimum atomic E-state index is -0.950. The van der Waals surface area contributed by atoms with Crippen molar-refractivity contribution >= 4 is 33.7 Å². The zero-order valence-electron chi connectivity index (χ0n) is 16.7. The number of nitrogens with two attached hydrogens (primary N) is 1. The third kappa shape index (κ3) is 3.94. The van der Waals surface area contributed by atoms with E-state index < -0.39 is 5.97 Å². The second kappa shape index (κ2) is 9.01. The number of unbranched alkanes of at least 4 members (excludes halogenated alkanes) is 3. The topological polar surface area (TPSA) is 106 Å². The highest BCUT2D eigenvalue weighted by Gasteiger charge is 2.18. The van der Waals surface area contributed by atoms with Crippen LogP contribution < -0.4 is 11.1 Å². The minimum Gasteiger partial charge on any atom is -0.478 e. The van der Waals surface area contributed by atoms with Gasteiger partial charge in [-0.05, 0) is 44.0 Å². The molecule has 0 saturated heterocycles. The lowest BCUT2D eigenvalue weighted by molar-refractivity contribution is 0.0697. The maximum atomic E-state index is 11.4. The number of carboxylic acids is 1. The van der Waals surface area contributed by atoms with Crippen LogP contribution in [0.15, 0.2) is 18.2 Å². The Kier molecular flexibility index (Phi) is 6.46. The number of nitrogens with zero attached hydrogens (tertiary/aromatic N) is 3. The second-order valence-corrected chi connectivity index (χ2v) is 7.08. The molecule has 0 amide bonds. The number of carbonyl (C=O) groups is 1. The van der Waals surface area contributed by atoms with Crippen LogP contribution in [-0.4, -0.2) is 39.2 Å². The van der Waals surface area contributed by atoms with E-state index in [4.69, 9.17) is 10.7 Å². The summed E-state index contributed by atoms with van der Waals surface area (Å²) in [6.07, 6.45) is 6.23. The number of nitrogens with one attached hydrogen (secondary N) is 1. The largest absolute Gasteiger partial charge is 0.478 e. The zero-order chi connectivity index (χ0) is 20.1. The van der Waals surface area contributed by atoms with Crippen LogP contribution in [0.5, 0.6) is 0 Å².